The van der Waals surface area contributed by atoms with Crippen molar-refractivity contribution in [3.05, 3.63) is 22.6 Å². The first-order valence-corrected chi connectivity index (χ1v) is 7.52. The van der Waals surface area contributed by atoms with Gasteiger partial charge in [-0.1, -0.05) is 11.8 Å². The Morgan fingerprint density at radius 1 is 1.65 bits per heavy atom. The molecule has 3 N–H and O–H groups in total. The van der Waals surface area contributed by atoms with Crippen molar-refractivity contribution in [2.75, 3.05) is 0 Å². The number of nitrogens with zero attached hydrogens (tertiary/aromatic N) is 1. The van der Waals surface area contributed by atoms with Crippen LogP contribution in [0.1, 0.15) is 33.1 Å². The van der Waals surface area contributed by atoms with Gasteiger partial charge in [-0.3, -0.25) is 14.9 Å². The maximum Gasteiger partial charge on any atom is 0.323 e. The lowest BCUT2D eigenvalue weighted by molar-refractivity contribution is -0.145. The van der Waals surface area contributed by atoms with Gasteiger partial charge in [0.25, 0.3) is 5.56 Å². The Morgan fingerprint density at radius 3 is 3.00 bits per heavy atom. The fraction of sp³-hybridized carbons (Fsp3) is 0.615. The summed E-state index contributed by atoms with van der Waals surface area (Å²) in [6, 6.07) is 1.48. The topological polar surface area (TPSA) is 95.1 Å². The summed E-state index contributed by atoms with van der Waals surface area (Å²) in [6.45, 7) is 3.89. The number of thioether (sulfide) groups is 1. The summed E-state index contributed by atoms with van der Waals surface area (Å²) in [4.78, 5) is 29.6. The van der Waals surface area contributed by atoms with Gasteiger partial charge in [-0.15, -0.1) is 0 Å². The highest BCUT2D eigenvalue weighted by molar-refractivity contribution is 7.99. The molecule has 1 fully saturated rings. The molecule has 6 nitrogen and oxygen atoms in total. The molecule has 2 rings (SSSR count). The summed E-state index contributed by atoms with van der Waals surface area (Å²) >= 11 is 1.44. The Balaban J connectivity index is 2.07. The van der Waals surface area contributed by atoms with Crippen LogP contribution in [0.3, 0.4) is 0 Å². The highest BCUT2D eigenvalue weighted by Gasteiger charge is 2.46. The number of aromatic amines is 1. The molecule has 1 aliphatic carbocycles. The third-order valence-electron chi connectivity index (χ3n) is 3.37. The minimum absolute atomic E-state index is 0.115. The Labute approximate surface area is 121 Å². The first-order valence-electron chi connectivity index (χ1n) is 6.64. The zero-order valence-electron chi connectivity index (χ0n) is 11.5. The van der Waals surface area contributed by atoms with Gasteiger partial charge in [-0.05, 0) is 33.1 Å². The Morgan fingerprint density at radius 2 is 2.40 bits per heavy atom. The van der Waals surface area contributed by atoms with E-state index in [0.717, 1.165) is 6.42 Å². The van der Waals surface area contributed by atoms with E-state index in [4.69, 9.17) is 0 Å². The maximum atomic E-state index is 11.6. The molecule has 1 saturated carbocycles. The second kappa shape index (κ2) is 5.97. The normalized spacial score (nSPS) is 26.1. The van der Waals surface area contributed by atoms with Gasteiger partial charge in [-0.25, -0.2) is 4.98 Å². The van der Waals surface area contributed by atoms with Crippen LogP contribution in [0.15, 0.2) is 22.2 Å². The van der Waals surface area contributed by atoms with Gasteiger partial charge in [-0.2, -0.15) is 0 Å². The third kappa shape index (κ3) is 3.40. The number of hydrogen-bond donors (Lipinski definition) is 3. The van der Waals surface area contributed by atoms with E-state index in [0.29, 0.717) is 18.0 Å². The van der Waals surface area contributed by atoms with Crippen molar-refractivity contribution < 1.29 is 9.90 Å². The molecule has 0 aliphatic heterocycles. The van der Waals surface area contributed by atoms with Crippen LogP contribution < -0.4 is 10.9 Å². The number of carboxylic acid groups (broad SMARTS) is 1. The Hall–Kier alpha value is -1.34. The van der Waals surface area contributed by atoms with Crippen molar-refractivity contribution in [2.45, 2.75) is 55.1 Å². The van der Waals surface area contributed by atoms with Crippen molar-refractivity contribution in [1.29, 1.82) is 0 Å². The SMILES string of the molecule is CC(C)NC1(C(=O)O)CCC(Sc2nccc(=O)[nH]2)C1. The van der Waals surface area contributed by atoms with Crippen molar-refractivity contribution in [2.24, 2.45) is 0 Å². The number of carboxylic acids is 1. The number of carbonyl (C=O) groups is 1. The zero-order valence-corrected chi connectivity index (χ0v) is 12.4. The van der Waals surface area contributed by atoms with Crippen LogP contribution in [0.5, 0.6) is 0 Å². The number of aromatic nitrogens is 2. The van der Waals surface area contributed by atoms with Crippen LogP contribution in [0.4, 0.5) is 0 Å². The van der Waals surface area contributed by atoms with Gasteiger partial charge >= 0.3 is 5.97 Å². The second-order valence-electron chi connectivity index (χ2n) is 5.41. The quantitative estimate of drug-likeness (QED) is 0.708. The lowest BCUT2D eigenvalue weighted by Gasteiger charge is -2.28. The predicted octanol–water partition coefficient (Wildman–Crippen LogP) is 1.24. The first kappa shape index (κ1) is 15.1. The molecule has 0 bridgehead atoms. The molecule has 2 unspecified atom stereocenters. The van der Waals surface area contributed by atoms with Gasteiger partial charge < -0.3 is 10.1 Å². The Bertz CT molecular complexity index is 546. The molecule has 0 saturated heterocycles. The van der Waals surface area contributed by atoms with Gasteiger partial charge in [0, 0.05) is 23.6 Å². The van der Waals surface area contributed by atoms with E-state index in [1.165, 1.54) is 24.0 Å². The maximum absolute atomic E-state index is 11.6. The average molecular weight is 297 g/mol. The molecule has 0 spiro atoms. The largest absolute Gasteiger partial charge is 0.480 e. The summed E-state index contributed by atoms with van der Waals surface area (Å²) in [7, 11) is 0. The van der Waals surface area contributed by atoms with E-state index in [1.54, 1.807) is 0 Å². The van der Waals surface area contributed by atoms with Crippen LogP contribution in [-0.4, -0.2) is 37.9 Å². The molecule has 1 heterocycles. The van der Waals surface area contributed by atoms with E-state index >= 15 is 0 Å². The van der Waals surface area contributed by atoms with Crippen LogP contribution >= 0.6 is 11.8 Å². The fourth-order valence-corrected chi connectivity index (χ4v) is 3.81. The van der Waals surface area contributed by atoms with E-state index in [1.807, 2.05) is 13.8 Å². The average Bonchev–Trinajstić information content (AvgIpc) is 2.72. The molecular formula is C13H19N3O3S. The first-order chi connectivity index (χ1) is 9.41. The van der Waals surface area contributed by atoms with Gasteiger partial charge in [0.2, 0.25) is 0 Å². The molecule has 1 aromatic heterocycles. The summed E-state index contributed by atoms with van der Waals surface area (Å²) in [5, 5.41) is 13.4. The second-order valence-corrected chi connectivity index (χ2v) is 6.70. The fourth-order valence-electron chi connectivity index (χ4n) is 2.61. The molecule has 20 heavy (non-hydrogen) atoms. The lowest BCUT2D eigenvalue weighted by Crippen LogP contribution is -2.53. The predicted molar refractivity (Wildman–Crippen MR) is 77.0 cm³/mol. The summed E-state index contributed by atoms with van der Waals surface area (Å²) < 4.78 is 0. The van der Waals surface area contributed by atoms with Crippen molar-refractivity contribution >= 4 is 17.7 Å². The summed E-state index contributed by atoms with van der Waals surface area (Å²) in [5.41, 5.74) is -1.05. The van der Waals surface area contributed by atoms with E-state index in [-0.39, 0.29) is 16.9 Å². The summed E-state index contributed by atoms with van der Waals surface area (Å²) in [5.74, 6) is -0.802. The van der Waals surface area contributed by atoms with Crippen molar-refractivity contribution in [3.63, 3.8) is 0 Å². The van der Waals surface area contributed by atoms with Gasteiger partial charge in [0.05, 0.1) is 0 Å². The van der Waals surface area contributed by atoms with Crippen molar-refractivity contribution in [1.82, 2.24) is 15.3 Å². The molecule has 7 heteroatoms. The van der Waals surface area contributed by atoms with Crippen LogP contribution in [0, 0.1) is 0 Å². The molecule has 1 aliphatic rings. The van der Waals surface area contributed by atoms with E-state index in [9.17, 15) is 14.7 Å². The standard InChI is InChI=1S/C13H19N3O3S/c1-8(2)16-13(11(18)19)5-3-9(7-13)20-12-14-6-4-10(17)15-12/h4,6,8-9,16H,3,5,7H2,1-2H3,(H,18,19)(H,14,15,17). The number of aliphatic carboxylic acids is 1. The number of H-pyrrole nitrogens is 1. The molecule has 110 valence electrons. The molecule has 1 aromatic rings. The van der Waals surface area contributed by atoms with Gasteiger partial charge in [0.1, 0.15) is 5.54 Å². The number of nitrogens with one attached hydrogen (secondary N) is 2. The van der Waals surface area contributed by atoms with Crippen molar-refractivity contribution in [3.8, 4) is 0 Å². The highest BCUT2D eigenvalue weighted by Crippen LogP contribution is 2.39. The van der Waals surface area contributed by atoms with E-state index in [2.05, 4.69) is 15.3 Å². The number of rotatable bonds is 5. The van der Waals surface area contributed by atoms with Crippen LogP contribution in [0.2, 0.25) is 0 Å². The molecular weight excluding hydrogens is 278 g/mol. The summed E-state index contributed by atoms with van der Waals surface area (Å²) in [6.07, 6.45) is 3.38. The molecule has 0 radical (unpaired) electrons. The minimum Gasteiger partial charge on any atom is -0.480 e. The minimum atomic E-state index is -0.860. The zero-order chi connectivity index (χ0) is 14.8. The molecule has 2 atom stereocenters. The smallest absolute Gasteiger partial charge is 0.323 e. The van der Waals surface area contributed by atoms with E-state index < -0.39 is 11.5 Å². The number of hydrogen-bond acceptors (Lipinski definition) is 5. The highest BCUT2D eigenvalue weighted by atomic mass is 32.2. The van der Waals surface area contributed by atoms with Crippen LogP contribution in [-0.2, 0) is 4.79 Å². The molecule has 0 aromatic carbocycles. The monoisotopic (exact) mass is 297 g/mol. The van der Waals surface area contributed by atoms with Crippen LogP contribution in [0.25, 0.3) is 0 Å². The third-order valence-corrected chi connectivity index (χ3v) is 4.54. The Kier molecular flexibility index (Phi) is 4.49. The molecule has 0 amide bonds. The lowest BCUT2D eigenvalue weighted by atomic mass is 9.97. The van der Waals surface area contributed by atoms with Gasteiger partial charge in [0.15, 0.2) is 5.16 Å².